The van der Waals surface area contributed by atoms with Crippen molar-refractivity contribution in [2.75, 3.05) is 31.1 Å². The van der Waals surface area contributed by atoms with Gasteiger partial charge in [0.05, 0.1) is 12.3 Å². The summed E-state index contributed by atoms with van der Waals surface area (Å²) in [7, 11) is 0. The van der Waals surface area contributed by atoms with E-state index in [2.05, 4.69) is 40.3 Å². The molecule has 6 rings (SSSR count). The van der Waals surface area contributed by atoms with Gasteiger partial charge in [-0.3, -0.25) is 0 Å². The van der Waals surface area contributed by atoms with Gasteiger partial charge in [-0.2, -0.15) is 18.3 Å². The van der Waals surface area contributed by atoms with Crippen LogP contribution in [0.5, 0.6) is 0 Å². The first kappa shape index (κ1) is 34.0. The second-order valence-corrected chi connectivity index (χ2v) is 13.4. The molecule has 0 atom stereocenters. The molecule has 2 aromatic heterocycles. The monoisotopic (exact) mass is 675 g/mol. The van der Waals surface area contributed by atoms with E-state index < -0.39 is 29.0 Å². The fourth-order valence-corrected chi connectivity index (χ4v) is 6.50. The molecule has 258 valence electrons. The summed E-state index contributed by atoms with van der Waals surface area (Å²) in [5.41, 5.74) is 3.57. The zero-order valence-corrected chi connectivity index (χ0v) is 28.1. The topological polar surface area (TPSA) is 89.8 Å². The maximum absolute atomic E-state index is 13.8. The summed E-state index contributed by atoms with van der Waals surface area (Å²) in [6.07, 6.45) is -1.46. The van der Waals surface area contributed by atoms with Crippen molar-refractivity contribution in [1.82, 2.24) is 19.7 Å². The van der Waals surface area contributed by atoms with Gasteiger partial charge in [-0.05, 0) is 81.7 Å². The maximum atomic E-state index is 13.8. The normalized spacial score (nSPS) is 15.3. The smallest absolute Gasteiger partial charge is 0.436 e. The third-order valence-corrected chi connectivity index (χ3v) is 8.78. The predicted octanol–water partition coefficient (Wildman–Crippen LogP) is 7.81. The molecule has 4 heterocycles. The van der Waals surface area contributed by atoms with E-state index in [4.69, 9.17) is 14.5 Å². The highest BCUT2D eigenvalue weighted by molar-refractivity contribution is 5.90. The number of amides is 1. The molecule has 2 aromatic carbocycles. The summed E-state index contributed by atoms with van der Waals surface area (Å²) >= 11 is 0. The predicted molar refractivity (Wildman–Crippen MR) is 179 cm³/mol. The minimum Gasteiger partial charge on any atom is -0.462 e. The van der Waals surface area contributed by atoms with Gasteiger partial charge in [0.15, 0.2) is 11.5 Å². The van der Waals surface area contributed by atoms with Crippen molar-refractivity contribution >= 4 is 17.7 Å². The minimum atomic E-state index is -4.84. The molecule has 49 heavy (non-hydrogen) atoms. The Labute approximate surface area is 283 Å². The largest absolute Gasteiger partial charge is 0.462 e. The molecule has 2 aliphatic heterocycles. The molecular formula is C37H40F3N5O4. The first-order valence-electron chi connectivity index (χ1n) is 16.6. The summed E-state index contributed by atoms with van der Waals surface area (Å²) in [5.74, 6) is -0.570. The number of nitrogens with zero attached hydrogens (tertiary/aromatic N) is 5. The zero-order chi connectivity index (χ0) is 34.9. The maximum Gasteiger partial charge on any atom is 0.436 e. The first-order valence-corrected chi connectivity index (χ1v) is 16.6. The van der Waals surface area contributed by atoms with Gasteiger partial charge in [0.1, 0.15) is 11.2 Å². The van der Waals surface area contributed by atoms with Crippen LogP contribution in [0, 0.1) is 0 Å². The number of halogens is 3. The number of anilines is 1. The van der Waals surface area contributed by atoms with Gasteiger partial charge in [-0.25, -0.2) is 19.3 Å². The Bertz CT molecular complexity index is 1820. The number of benzene rings is 2. The molecule has 0 spiro atoms. The highest BCUT2D eigenvalue weighted by Crippen LogP contribution is 2.39. The summed E-state index contributed by atoms with van der Waals surface area (Å²) in [4.78, 5) is 33.6. The summed E-state index contributed by atoms with van der Waals surface area (Å²) in [5, 5.41) is 3.69. The van der Waals surface area contributed by atoms with Crippen LogP contribution in [0.15, 0.2) is 66.9 Å². The van der Waals surface area contributed by atoms with Gasteiger partial charge in [0, 0.05) is 43.6 Å². The Morgan fingerprint density at radius 3 is 2.33 bits per heavy atom. The van der Waals surface area contributed by atoms with Crippen LogP contribution in [-0.4, -0.2) is 63.6 Å². The minimum absolute atomic E-state index is 0.0639. The van der Waals surface area contributed by atoms with Crippen LogP contribution in [0.2, 0.25) is 0 Å². The van der Waals surface area contributed by atoms with Gasteiger partial charge in [-0.15, -0.1) is 0 Å². The molecule has 4 aromatic rings. The van der Waals surface area contributed by atoms with E-state index in [0.717, 1.165) is 53.5 Å². The first-order chi connectivity index (χ1) is 23.3. The molecule has 0 unspecified atom stereocenters. The van der Waals surface area contributed by atoms with Gasteiger partial charge < -0.3 is 19.3 Å². The number of hydrogen-bond donors (Lipinski definition) is 0. The van der Waals surface area contributed by atoms with E-state index in [9.17, 15) is 22.8 Å². The van der Waals surface area contributed by atoms with Crippen molar-refractivity contribution in [2.24, 2.45) is 0 Å². The zero-order valence-electron chi connectivity index (χ0n) is 28.1. The van der Waals surface area contributed by atoms with Gasteiger partial charge in [-0.1, -0.05) is 48.5 Å². The Kier molecular flexibility index (Phi) is 9.41. The number of carbonyl (C=O) groups is 2. The van der Waals surface area contributed by atoms with Crippen LogP contribution >= 0.6 is 0 Å². The highest BCUT2D eigenvalue weighted by Gasteiger charge is 2.40. The third-order valence-electron chi connectivity index (χ3n) is 8.78. The lowest BCUT2D eigenvalue weighted by atomic mass is 9.89. The standard InChI is InChI=1S/C37H40F3N5O4/c1-5-48-34(46)29-23-45(42-33(29)37(38,39)40)31-11-7-10-30(41-31)28-9-6-8-27-18-21-44(32(27)28)22-24-12-14-25(15-13-24)26-16-19-43(20-17-26)35(47)49-36(2,3)4/h6-15,23,26H,5,16-22H2,1-4H3. The van der Waals surface area contributed by atoms with Crippen LogP contribution in [0.1, 0.15) is 79.2 Å². The Balaban J connectivity index is 1.18. The SMILES string of the molecule is CCOC(=O)c1cn(-c2cccc(-c3cccc4c3N(Cc3ccc(C5CCN(C(=O)OC(C)(C)C)CC5)cc3)CC4)n2)nc1C(F)(F)F. The number of esters is 1. The highest BCUT2D eigenvalue weighted by atomic mass is 19.4. The molecule has 0 N–H and O–H groups in total. The summed E-state index contributed by atoms with van der Waals surface area (Å²) in [6.45, 7) is 9.92. The number of hydrogen-bond acceptors (Lipinski definition) is 7. The van der Waals surface area contributed by atoms with E-state index in [0.29, 0.717) is 31.2 Å². The van der Waals surface area contributed by atoms with Crippen LogP contribution in [-0.2, 0) is 28.6 Å². The number of fused-ring (bicyclic) bond motifs is 1. The summed E-state index contributed by atoms with van der Waals surface area (Å²) < 4.78 is 52.7. The second kappa shape index (κ2) is 13.6. The van der Waals surface area contributed by atoms with E-state index >= 15 is 0 Å². The molecule has 12 heteroatoms. The molecular weight excluding hydrogens is 635 g/mol. The summed E-state index contributed by atoms with van der Waals surface area (Å²) in [6, 6.07) is 19.8. The van der Waals surface area contributed by atoms with E-state index in [1.807, 2.05) is 39.0 Å². The fraction of sp³-hybridized carbons (Fsp3) is 0.405. The third kappa shape index (κ3) is 7.58. The number of ether oxygens (including phenoxy) is 2. The number of piperidine rings is 1. The molecule has 0 radical (unpaired) electrons. The van der Waals surface area contributed by atoms with Gasteiger partial charge in [0.25, 0.3) is 0 Å². The van der Waals surface area contributed by atoms with Crippen LogP contribution in [0.4, 0.5) is 23.7 Å². The van der Waals surface area contributed by atoms with Gasteiger partial charge in [0.2, 0.25) is 0 Å². The lowest BCUT2D eigenvalue weighted by Crippen LogP contribution is -2.41. The molecule has 0 aliphatic carbocycles. The van der Waals surface area contributed by atoms with Crippen LogP contribution in [0.3, 0.4) is 0 Å². The molecule has 1 saturated heterocycles. The van der Waals surface area contributed by atoms with Crippen LogP contribution < -0.4 is 4.90 Å². The second-order valence-electron chi connectivity index (χ2n) is 13.4. The van der Waals surface area contributed by atoms with Crippen molar-refractivity contribution in [3.05, 3.63) is 94.8 Å². The average Bonchev–Trinajstić information content (AvgIpc) is 3.70. The number of carbonyl (C=O) groups excluding carboxylic acids is 2. The lowest BCUT2D eigenvalue weighted by molar-refractivity contribution is -0.141. The average molecular weight is 676 g/mol. The van der Waals surface area contributed by atoms with E-state index in [-0.39, 0.29) is 18.5 Å². The molecule has 2 aliphatic rings. The Hall–Kier alpha value is -4.87. The molecule has 0 bridgehead atoms. The van der Waals surface area contributed by atoms with E-state index in [1.165, 1.54) is 18.1 Å². The number of likely N-dealkylation sites (tertiary alicyclic amines) is 1. The number of alkyl halides is 3. The Morgan fingerprint density at radius 1 is 0.939 bits per heavy atom. The van der Waals surface area contributed by atoms with Crippen molar-refractivity contribution in [1.29, 1.82) is 0 Å². The van der Waals surface area contributed by atoms with Crippen molar-refractivity contribution in [3.8, 4) is 17.1 Å². The molecule has 0 saturated carbocycles. The van der Waals surface area contributed by atoms with E-state index in [1.54, 1.807) is 17.0 Å². The molecule has 1 fully saturated rings. The van der Waals surface area contributed by atoms with Crippen LogP contribution in [0.25, 0.3) is 17.1 Å². The Morgan fingerprint density at radius 2 is 1.65 bits per heavy atom. The fourth-order valence-electron chi connectivity index (χ4n) is 6.50. The van der Waals surface area contributed by atoms with Crippen molar-refractivity contribution in [2.45, 2.75) is 71.2 Å². The van der Waals surface area contributed by atoms with Gasteiger partial charge >= 0.3 is 18.2 Å². The number of aromatic nitrogens is 3. The number of para-hydroxylation sites is 1. The number of pyridine rings is 1. The van der Waals surface area contributed by atoms with Crippen molar-refractivity contribution in [3.63, 3.8) is 0 Å². The molecule has 1 amide bonds. The van der Waals surface area contributed by atoms with Crippen molar-refractivity contribution < 1.29 is 32.2 Å². The number of rotatable bonds is 7. The lowest BCUT2D eigenvalue weighted by Gasteiger charge is -2.33. The molecule has 9 nitrogen and oxygen atoms in total. The quantitative estimate of drug-likeness (QED) is 0.185.